The maximum atomic E-state index is 12.4. The Bertz CT molecular complexity index is 1180. The van der Waals surface area contributed by atoms with Crippen molar-refractivity contribution in [2.45, 2.75) is 40.2 Å². The summed E-state index contributed by atoms with van der Waals surface area (Å²) in [6, 6.07) is 17.8. The lowest BCUT2D eigenvalue weighted by Gasteiger charge is -2.05. The van der Waals surface area contributed by atoms with Gasteiger partial charge in [0.05, 0.1) is 17.8 Å². The number of aryl methyl sites for hydroxylation is 2. The molecule has 2 heterocycles. The van der Waals surface area contributed by atoms with Crippen molar-refractivity contribution in [3.63, 3.8) is 0 Å². The number of nitrogens with zero attached hydrogens (tertiary/aromatic N) is 4. The average Bonchev–Trinajstić information content (AvgIpc) is 3.39. The first-order valence-electron chi connectivity index (χ1n) is 10.2. The number of carbonyl (C=O) groups is 1. The van der Waals surface area contributed by atoms with E-state index in [4.69, 9.17) is 9.26 Å². The van der Waals surface area contributed by atoms with Crippen LogP contribution in [0.5, 0.6) is 0 Å². The molecule has 0 spiro atoms. The monoisotopic (exact) mass is 416 g/mol. The van der Waals surface area contributed by atoms with Gasteiger partial charge < -0.3 is 9.26 Å². The Morgan fingerprint density at radius 2 is 1.81 bits per heavy atom. The first kappa shape index (κ1) is 20.5. The molecular formula is C24H24N4O3. The highest BCUT2D eigenvalue weighted by Crippen LogP contribution is 2.20. The number of ether oxygens (including phenoxy) is 1. The fourth-order valence-corrected chi connectivity index (χ4v) is 3.41. The largest absolute Gasteiger partial charge is 0.455 e. The van der Waals surface area contributed by atoms with Crippen molar-refractivity contribution in [1.29, 1.82) is 0 Å². The molecule has 0 saturated carbocycles. The number of rotatable bonds is 7. The Morgan fingerprint density at radius 1 is 1.06 bits per heavy atom. The third-order valence-electron chi connectivity index (χ3n) is 5.21. The molecule has 0 radical (unpaired) electrons. The zero-order valence-electron chi connectivity index (χ0n) is 17.8. The summed E-state index contributed by atoms with van der Waals surface area (Å²) in [6.45, 7) is 5.88. The van der Waals surface area contributed by atoms with Gasteiger partial charge in [-0.15, -0.1) is 0 Å². The number of aromatic nitrogens is 4. The van der Waals surface area contributed by atoms with Crippen molar-refractivity contribution in [1.82, 2.24) is 19.9 Å². The second kappa shape index (κ2) is 8.95. The smallest absolute Gasteiger partial charge is 0.310 e. The van der Waals surface area contributed by atoms with Gasteiger partial charge in [0, 0.05) is 16.8 Å². The summed E-state index contributed by atoms with van der Waals surface area (Å²) < 4.78 is 12.4. The van der Waals surface area contributed by atoms with Crippen LogP contribution in [-0.4, -0.2) is 25.9 Å². The van der Waals surface area contributed by atoms with Crippen molar-refractivity contribution in [2.75, 3.05) is 0 Å². The van der Waals surface area contributed by atoms with Crippen LogP contribution in [0.15, 0.2) is 59.1 Å². The minimum absolute atomic E-state index is 0.0657. The third kappa shape index (κ3) is 4.55. The number of hydrogen-bond donors (Lipinski definition) is 0. The summed E-state index contributed by atoms with van der Waals surface area (Å²) in [4.78, 5) is 16.8. The number of esters is 1. The fourth-order valence-electron chi connectivity index (χ4n) is 3.41. The maximum absolute atomic E-state index is 12.4. The summed E-state index contributed by atoms with van der Waals surface area (Å²) in [5.74, 6) is 0.367. The van der Waals surface area contributed by atoms with Gasteiger partial charge >= 0.3 is 5.97 Å². The molecule has 4 rings (SSSR count). The Balaban J connectivity index is 1.39. The van der Waals surface area contributed by atoms with Gasteiger partial charge in [0.1, 0.15) is 0 Å². The molecular weight excluding hydrogens is 392 g/mol. The lowest BCUT2D eigenvalue weighted by atomic mass is 10.1. The number of carbonyl (C=O) groups excluding carboxylic acids is 1. The van der Waals surface area contributed by atoms with Crippen LogP contribution in [0.4, 0.5) is 0 Å². The fraction of sp³-hybridized carbons (Fsp3) is 0.250. The number of benzene rings is 2. The molecule has 0 bridgehead atoms. The van der Waals surface area contributed by atoms with Gasteiger partial charge in [0.2, 0.25) is 5.82 Å². The van der Waals surface area contributed by atoms with Gasteiger partial charge in [-0.1, -0.05) is 54.5 Å². The van der Waals surface area contributed by atoms with Crippen LogP contribution < -0.4 is 0 Å². The molecule has 0 aliphatic rings. The van der Waals surface area contributed by atoms with E-state index in [1.165, 1.54) is 5.56 Å². The predicted octanol–water partition coefficient (Wildman–Crippen LogP) is 4.39. The molecule has 0 atom stereocenters. The number of hydrogen-bond acceptors (Lipinski definition) is 6. The van der Waals surface area contributed by atoms with Crippen molar-refractivity contribution in [3.05, 3.63) is 83.0 Å². The van der Waals surface area contributed by atoms with E-state index in [0.717, 1.165) is 34.6 Å². The molecule has 158 valence electrons. The van der Waals surface area contributed by atoms with E-state index in [1.807, 2.05) is 73.1 Å². The van der Waals surface area contributed by atoms with Crippen LogP contribution in [0.2, 0.25) is 0 Å². The Labute approximate surface area is 180 Å². The van der Waals surface area contributed by atoms with Crippen LogP contribution in [0.1, 0.15) is 35.3 Å². The average molecular weight is 416 g/mol. The molecule has 7 nitrogen and oxygen atoms in total. The summed E-state index contributed by atoms with van der Waals surface area (Å²) >= 11 is 0. The zero-order valence-corrected chi connectivity index (χ0v) is 17.8. The summed E-state index contributed by atoms with van der Waals surface area (Å²) in [5, 5.41) is 8.55. The molecule has 0 saturated heterocycles. The second-order valence-corrected chi connectivity index (χ2v) is 7.30. The van der Waals surface area contributed by atoms with Crippen molar-refractivity contribution < 1.29 is 14.1 Å². The molecule has 0 N–H and O–H groups in total. The van der Waals surface area contributed by atoms with E-state index < -0.39 is 0 Å². The standard InChI is InChI=1S/C24H24N4O3/c1-4-18-10-12-19(13-11-18)24-25-22(31-27-24)15-30-23(29)14-21-16(2)26-28(17(21)3)20-8-6-5-7-9-20/h5-13H,4,14-15H2,1-3H3. The third-order valence-corrected chi connectivity index (χ3v) is 5.21. The van der Waals surface area contributed by atoms with E-state index in [9.17, 15) is 4.79 Å². The Hall–Kier alpha value is -3.74. The highest BCUT2D eigenvalue weighted by atomic mass is 16.6. The van der Waals surface area contributed by atoms with Crippen molar-refractivity contribution >= 4 is 5.97 Å². The van der Waals surface area contributed by atoms with E-state index in [1.54, 1.807) is 0 Å². The summed E-state index contributed by atoms with van der Waals surface area (Å²) in [7, 11) is 0. The highest BCUT2D eigenvalue weighted by Gasteiger charge is 2.18. The molecule has 2 aromatic carbocycles. The Kier molecular flexibility index (Phi) is 5.93. The normalized spacial score (nSPS) is 10.9. The van der Waals surface area contributed by atoms with Crippen LogP contribution >= 0.6 is 0 Å². The predicted molar refractivity (Wildman–Crippen MR) is 116 cm³/mol. The van der Waals surface area contributed by atoms with E-state index in [2.05, 4.69) is 22.2 Å². The number of para-hydroxylation sites is 1. The lowest BCUT2D eigenvalue weighted by molar-refractivity contribution is -0.144. The van der Waals surface area contributed by atoms with Crippen LogP contribution in [0, 0.1) is 13.8 Å². The van der Waals surface area contributed by atoms with Gasteiger partial charge in [-0.25, -0.2) is 4.68 Å². The van der Waals surface area contributed by atoms with Crippen molar-refractivity contribution in [3.8, 4) is 17.1 Å². The quantitative estimate of drug-likeness (QED) is 0.416. The van der Waals surface area contributed by atoms with Crippen molar-refractivity contribution in [2.24, 2.45) is 0 Å². The minimum atomic E-state index is -0.370. The van der Waals surface area contributed by atoms with E-state index in [0.29, 0.717) is 5.82 Å². The maximum Gasteiger partial charge on any atom is 0.310 e. The van der Waals surface area contributed by atoms with Gasteiger partial charge in [-0.3, -0.25) is 4.79 Å². The van der Waals surface area contributed by atoms with Crippen LogP contribution in [-0.2, 0) is 29.0 Å². The molecule has 0 unspecified atom stereocenters. The van der Waals surface area contributed by atoms with E-state index in [-0.39, 0.29) is 24.9 Å². The highest BCUT2D eigenvalue weighted by molar-refractivity contribution is 5.73. The molecule has 4 aromatic rings. The van der Waals surface area contributed by atoms with Crippen LogP contribution in [0.3, 0.4) is 0 Å². The molecule has 31 heavy (non-hydrogen) atoms. The Morgan fingerprint density at radius 3 is 2.52 bits per heavy atom. The summed E-state index contributed by atoms with van der Waals surface area (Å²) in [6.07, 6.45) is 1.10. The first-order valence-corrected chi connectivity index (χ1v) is 10.2. The van der Waals surface area contributed by atoms with Gasteiger partial charge in [0.15, 0.2) is 6.61 Å². The minimum Gasteiger partial charge on any atom is -0.455 e. The summed E-state index contributed by atoms with van der Waals surface area (Å²) in [5.41, 5.74) is 5.62. The molecule has 0 fully saturated rings. The molecule has 0 amide bonds. The first-order chi connectivity index (χ1) is 15.0. The second-order valence-electron chi connectivity index (χ2n) is 7.30. The van der Waals surface area contributed by atoms with Gasteiger partial charge in [-0.05, 0) is 38.0 Å². The topological polar surface area (TPSA) is 83.0 Å². The van der Waals surface area contributed by atoms with Gasteiger partial charge in [-0.2, -0.15) is 10.1 Å². The molecule has 2 aromatic heterocycles. The van der Waals surface area contributed by atoms with Gasteiger partial charge in [0.25, 0.3) is 5.89 Å². The SMILES string of the molecule is CCc1ccc(-c2noc(COC(=O)Cc3c(C)nn(-c4ccccc4)c3C)n2)cc1. The molecule has 0 aliphatic carbocycles. The van der Waals surface area contributed by atoms with Crippen LogP contribution in [0.25, 0.3) is 17.1 Å². The zero-order chi connectivity index (χ0) is 21.8. The molecule has 0 aliphatic heterocycles. The lowest BCUT2D eigenvalue weighted by Crippen LogP contribution is -2.09. The molecule has 7 heteroatoms. The van der Waals surface area contributed by atoms with E-state index >= 15 is 0 Å².